The van der Waals surface area contributed by atoms with Gasteiger partial charge in [-0.25, -0.2) is 4.39 Å². The van der Waals surface area contributed by atoms with Crippen molar-refractivity contribution >= 4 is 5.78 Å². The van der Waals surface area contributed by atoms with Gasteiger partial charge in [-0.1, -0.05) is 0 Å². The SMILES string of the molecule is Cc1[nH]nc2c1C1(F)CC1C2=O. The van der Waals surface area contributed by atoms with Gasteiger partial charge in [0, 0.05) is 17.7 Å². The van der Waals surface area contributed by atoms with E-state index in [-0.39, 0.29) is 5.78 Å². The van der Waals surface area contributed by atoms with Crippen molar-refractivity contribution < 1.29 is 9.18 Å². The molecule has 2 aliphatic carbocycles. The van der Waals surface area contributed by atoms with Gasteiger partial charge >= 0.3 is 0 Å². The summed E-state index contributed by atoms with van der Waals surface area (Å²) >= 11 is 0. The molecule has 2 aliphatic rings. The van der Waals surface area contributed by atoms with E-state index in [0.717, 1.165) is 0 Å². The number of halogens is 1. The van der Waals surface area contributed by atoms with Gasteiger partial charge in [0.1, 0.15) is 5.69 Å². The molecule has 0 radical (unpaired) electrons. The summed E-state index contributed by atoms with van der Waals surface area (Å²) in [5.74, 6) is -0.542. The number of carbonyl (C=O) groups excluding carboxylic acids is 1. The topological polar surface area (TPSA) is 45.8 Å². The Labute approximate surface area is 68.0 Å². The second-order valence-electron chi connectivity index (χ2n) is 3.56. The molecule has 1 saturated carbocycles. The van der Waals surface area contributed by atoms with E-state index in [1.165, 1.54) is 0 Å². The molecule has 62 valence electrons. The Balaban J connectivity index is 2.34. The smallest absolute Gasteiger partial charge is 0.190 e. The first-order valence-corrected chi connectivity index (χ1v) is 3.93. The second kappa shape index (κ2) is 1.46. The van der Waals surface area contributed by atoms with Crippen LogP contribution in [0, 0.1) is 12.8 Å². The molecule has 4 heteroatoms. The van der Waals surface area contributed by atoms with Gasteiger partial charge in [0.05, 0.1) is 5.92 Å². The first-order chi connectivity index (χ1) is 5.64. The van der Waals surface area contributed by atoms with Gasteiger partial charge in [-0.15, -0.1) is 0 Å². The molecule has 2 atom stereocenters. The number of hydrogen-bond donors (Lipinski definition) is 1. The third-order valence-electron chi connectivity index (χ3n) is 2.81. The van der Waals surface area contributed by atoms with E-state index in [1.54, 1.807) is 6.92 Å². The fourth-order valence-corrected chi connectivity index (χ4v) is 2.10. The van der Waals surface area contributed by atoms with Crippen molar-refractivity contribution in [2.45, 2.75) is 19.0 Å². The number of nitrogens with one attached hydrogen (secondary N) is 1. The van der Waals surface area contributed by atoms with E-state index in [0.29, 0.717) is 23.4 Å². The minimum absolute atomic E-state index is 0.128. The maximum atomic E-state index is 13.7. The summed E-state index contributed by atoms with van der Waals surface area (Å²) < 4.78 is 13.7. The van der Waals surface area contributed by atoms with Gasteiger partial charge in [-0.05, 0) is 6.92 Å². The number of alkyl halides is 1. The van der Waals surface area contributed by atoms with Crippen LogP contribution < -0.4 is 0 Å². The molecule has 2 unspecified atom stereocenters. The zero-order valence-corrected chi connectivity index (χ0v) is 6.52. The molecule has 3 nitrogen and oxygen atoms in total. The molecule has 12 heavy (non-hydrogen) atoms. The van der Waals surface area contributed by atoms with Gasteiger partial charge in [-0.3, -0.25) is 9.89 Å². The number of aromatic nitrogens is 2. The number of hydrogen-bond acceptors (Lipinski definition) is 2. The van der Waals surface area contributed by atoms with Gasteiger partial charge in [-0.2, -0.15) is 5.10 Å². The summed E-state index contributed by atoms with van der Waals surface area (Å²) in [6.07, 6.45) is 0.360. The molecule has 0 spiro atoms. The number of carbonyl (C=O) groups is 1. The Hall–Kier alpha value is -1.19. The van der Waals surface area contributed by atoms with Crippen LogP contribution in [0.2, 0.25) is 0 Å². The molecule has 1 fully saturated rings. The summed E-state index contributed by atoms with van der Waals surface area (Å²) in [6, 6.07) is 0. The normalized spacial score (nSPS) is 36.5. The fourth-order valence-electron chi connectivity index (χ4n) is 2.10. The van der Waals surface area contributed by atoms with Crippen LogP contribution in [-0.4, -0.2) is 16.0 Å². The van der Waals surface area contributed by atoms with Crippen molar-refractivity contribution in [2.24, 2.45) is 5.92 Å². The predicted octanol–water partition coefficient (Wildman–Crippen LogP) is 1.10. The Kier molecular flexibility index (Phi) is 0.773. The van der Waals surface area contributed by atoms with Crippen molar-refractivity contribution in [1.82, 2.24) is 10.2 Å². The van der Waals surface area contributed by atoms with E-state index in [9.17, 15) is 9.18 Å². The summed E-state index contributed by atoms with van der Waals surface area (Å²) in [6.45, 7) is 1.75. The van der Waals surface area contributed by atoms with Crippen molar-refractivity contribution in [3.63, 3.8) is 0 Å². The lowest BCUT2D eigenvalue weighted by atomic mass is 10.1. The Morgan fingerprint density at radius 1 is 1.75 bits per heavy atom. The highest BCUT2D eigenvalue weighted by molar-refractivity contribution is 6.05. The number of H-pyrrole nitrogens is 1. The van der Waals surface area contributed by atoms with E-state index < -0.39 is 11.6 Å². The maximum Gasteiger partial charge on any atom is 0.190 e. The highest BCUT2D eigenvalue weighted by Gasteiger charge is 2.68. The fraction of sp³-hybridized carbons (Fsp3) is 0.500. The first kappa shape index (κ1) is 6.34. The number of fused-ring (bicyclic) bond motifs is 3. The van der Waals surface area contributed by atoms with Crippen LogP contribution in [0.3, 0.4) is 0 Å². The van der Waals surface area contributed by atoms with Crippen LogP contribution in [0.5, 0.6) is 0 Å². The van der Waals surface area contributed by atoms with Crippen LogP contribution in [0.4, 0.5) is 4.39 Å². The minimum atomic E-state index is -1.36. The lowest BCUT2D eigenvalue weighted by molar-refractivity contribution is 0.0954. The van der Waals surface area contributed by atoms with E-state index in [1.807, 2.05) is 0 Å². The Bertz CT molecular complexity index is 398. The molecule has 3 rings (SSSR count). The van der Waals surface area contributed by atoms with Crippen molar-refractivity contribution in [3.05, 3.63) is 17.0 Å². The van der Waals surface area contributed by atoms with Crippen molar-refractivity contribution in [2.75, 3.05) is 0 Å². The lowest BCUT2D eigenvalue weighted by Gasteiger charge is -1.98. The molecule has 1 N–H and O–H groups in total. The molecule has 0 aliphatic heterocycles. The van der Waals surface area contributed by atoms with Crippen molar-refractivity contribution in [1.29, 1.82) is 0 Å². The zero-order valence-electron chi connectivity index (χ0n) is 6.52. The number of Topliss-reactive ketones (excluding diaryl/α,β-unsaturated/α-hetero) is 1. The summed E-state index contributed by atoms with van der Waals surface area (Å²) in [7, 11) is 0. The molecule has 0 aromatic carbocycles. The molecular weight excluding hydrogens is 159 g/mol. The van der Waals surface area contributed by atoms with Crippen molar-refractivity contribution in [3.8, 4) is 0 Å². The average Bonchev–Trinajstić information content (AvgIpc) is 2.44. The van der Waals surface area contributed by atoms with Crippen LogP contribution in [0.15, 0.2) is 0 Å². The Morgan fingerprint density at radius 2 is 2.50 bits per heavy atom. The quantitative estimate of drug-likeness (QED) is 0.627. The predicted molar refractivity (Wildman–Crippen MR) is 38.5 cm³/mol. The molecular formula is C8H7FN2O. The molecule has 0 amide bonds. The number of aromatic amines is 1. The van der Waals surface area contributed by atoms with Crippen LogP contribution >= 0.6 is 0 Å². The van der Waals surface area contributed by atoms with Gasteiger partial charge in [0.25, 0.3) is 0 Å². The van der Waals surface area contributed by atoms with Gasteiger partial charge in [0.15, 0.2) is 11.5 Å². The van der Waals surface area contributed by atoms with E-state index >= 15 is 0 Å². The van der Waals surface area contributed by atoms with Crippen LogP contribution in [0.25, 0.3) is 0 Å². The molecule has 0 saturated heterocycles. The molecule has 0 bridgehead atoms. The van der Waals surface area contributed by atoms with Gasteiger partial charge in [0.2, 0.25) is 0 Å². The van der Waals surface area contributed by atoms with Gasteiger partial charge < -0.3 is 0 Å². The highest BCUT2D eigenvalue weighted by atomic mass is 19.1. The highest BCUT2D eigenvalue weighted by Crippen LogP contribution is 2.62. The summed E-state index contributed by atoms with van der Waals surface area (Å²) in [5.41, 5.74) is 0.174. The number of nitrogens with zero attached hydrogens (tertiary/aromatic N) is 1. The van der Waals surface area contributed by atoms with E-state index in [4.69, 9.17) is 0 Å². The molecule has 1 heterocycles. The monoisotopic (exact) mass is 166 g/mol. The first-order valence-electron chi connectivity index (χ1n) is 3.93. The second-order valence-corrected chi connectivity index (χ2v) is 3.56. The summed E-state index contributed by atoms with van der Waals surface area (Å²) in [4.78, 5) is 11.3. The standard InChI is InChI=1S/C8H7FN2O/c1-3-5-6(11-10-3)7(12)4-2-8(4,5)9/h4H,2H2,1H3,(H,10,11). The largest absolute Gasteiger partial charge is 0.292 e. The number of ketones is 1. The average molecular weight is 166 g/mol. The molecule has 1 aromatic heterocycles. The third-order valence-corrected chi connectivity index (χ3v) is 2.81. The zero-order chi connectivity index (χ0) is 8.51. The van der Waals surface area contributed by atoms with Crippen LogP contribution in [-0.2, 0) is 5.67 Å². The molecule has 1 aromatic rings. The summed E-state index contributed by atoms with van der Waals surface area (Å²) in [5, 5.41) is 6.43. The van der Waals surface area contributed by atoms with Crippen LogP contribution in [0.1, 0.15) is 28.2 Å². The lowest BCUT2D eigenvalue weighted by Crippen LogP contribution is -1.98. The minimum Gasteiger partial charge on any atom is -0.292 e. The van der Waals surface area contributed by atoms with E-state index in [2.05, 4.69) is 10.2 Å². The maximum absolute atomic E-state index is 13.7. The third kappa shape index (κ3) is 0.443. The number of aryl methyl sites for hydroxylation is 1. The Morgan fingerprint density at radius 3 is 3.17 bits per heavy atom. The number of rotatable bonds is 0.